The minimum Gasteiger partial charge on any atom is -0.393 e. The topological polar surface area (TPSA) is 56.0 Å². The van der Waals surface area contributed by atoms with Gasteiger partial charge in [-0.25, -0.2) is 0 Å². The molecule has 1 aromatic carbocycles. The average Bonchev–Trinajstić information content (AvgIpc) is 2.29. The maximum Gasteiger partial charge on any atom is 0.101 e. The lowest BCUT2D eigenvalue weighted by atomic mass is 10.1. The molecular weight excluding hydrogens is 188 g/mol. The Morgan fingerprint density at radius 3 is 2.87 bits per heavy atom. The maximum absolute atomic E-state index is 9.36. The van der Waals surface area contributed by atoms with E-state index in [1.807, 2.05) is 25.1 Å². The van der Waals surface area contributed by atoms with Crippen LogP contribution in [0.5, 0.6) is 0 Å². The van der Waals surface area contributed by atoms with Gasteiger partial charge in [0.25, 0.3) is 0 Å². The molecule has 80 valence electrons. The van der Waals surface area contributed by atoms with Crippen molar-refractivity contribution < 1.29 is 5.11 Å². The largest absolute Gasteiger partial charge is 0.393 e. The molecule has 1 unspecified atom stereocenters. The highest BCUT2D eigenvalue weighted by atomic mass is 16.3. The molecule has 0 aromatic heterocycles. The normalized spacial score (nSPS) is 11.8. The number of nitrogens with zero attached hydrogens (tertiary/aromatic N) is 1. The van der Waals surface area contributed by atoms with Crippen LogP contribution < -0.4 is 5.32 Å². The molecule has 0 spiro atoms. The molecule has 3 nitrogen and oxygen atoms in total. The van der Waals surface area contributed by atoms with Crippen molar-refractivity contribution in [2.75, 3.05) is 11.9 Å². The van der Waals surface area contributed by atoms with Crippen LogP contribution in [0.2, 0.25) is 0 Å². The number of aliphatic hydroxyl groups excluding tert-OH is 1. The number of rotatable bonds is 5. The monoisotopic (exact) mass is 204 g/mol. The molecule has 15 heavy (non-hydrogen) atoms. The van der Waals surface area contributed by atoms with Crippen molar-refractivity contribution in [3.05, 3.63) is 29.8 Å². The van der Waals surface area contributed by atoms with Gasteiger partial charge in [0.05, 0.1) is 17.4 Å². The summed E-state index contributed by atoms with van der Waals surface area (Å²) in [5.41, 5.74) is 1.48. The smallest absolute Gasteiger partial charge is 0.101 e. The van der Waals surface area contributed by atoms with E-state index in [-0.39, 0.29) is 6.10 Å². The molecule has 0 saturated heterocycles. The minimum absolute atomic E-state index is 0.258. The van der Waals surface area contributed by atoms with Crippen LogP contribution in [-0.4, -0.2) is 17.8 Å². The molecule has 0 aliphatic rings. The molecule has 2 N–H and O–H groups in total. The van der Waals surface area contributed by atoms with E-state index in [0.717, 1.165) is 12.1 Å². The minimum atomic E-state index is -0.258. The van der Waals surface area contributed by atoms with E-state index in [9.17, 15) is 5.11 Å². The van der Waals surface area contributed by atoms with Gasteiger partial charge in [-0.2, -0.15) is 5.26 Å². The first-order valence-electron chi connectivity index (χ1n) is 5.19. The molecule has 0 bridgehead atoms. The summed E-state index contributed by atoms with van der Waals surface area (Å²) in [7, 11) is 0. The predicted octanol–water partition coefficient (Wildman–Crippen LogP) is 2.13. The Morgan fingerprint density at radius 1 is 1.47 bits per heavy atom. The van der Waals surface area contributed by atoms with Crippen LogP contribution in [0.25, 0.3) is 0 Å². The highest BCUT2D eigenvalue weighted by Gasteiger charge is 2.02. The van der Waals surface area contributed by atoms with Crippen LogP contribution in [0.4, 0.5) is 5.69 Å². The molecule has 1 aromatic rings. The summed E-state index contributed by atoms with van der Waals surface area (Å²) in [5, 5.41) is 21.3. The van der Waals surface area contributed by atoms with Gasteiger partial charge in [0.15, 0.2) is 0 Å². The van der Waals surface area contributed by atoms with Crippen molar-refractivity contribution in [2.45, 2.75) is 25.9 Å². The van der Waals surface area contributed by atoms with E-state index in [2.05, 4.69) is 11.4 Å². The standard InChI is InChI=1S/C12H16N2O/c1-2-11(15)7-8-14-12-6-4-3-5-10(12)9-13/h3-6,11,14-15H,2,7-8H2,1H3. The van der Waals surface area contributed by atoms with E-state index in [1.54, 1.807) is 6.07 Å². The highest BCUT2D eigenvalue weighted by molar-refractivity contribution is 5.56. The third-order valence-corrected chi connectivity index (χ3v) is 2.31. The van der Waals surface area contributed by atoms with Crippen LogP contribution >= 0.6 is 0 Å². The lowest BCUT2D eigenvalue weighted by Crippen LogP contribution is -2.12. The van der Waals surface area contributed by atoms with E-state index >= 15 is 0 Å². The summed E-state index contributed by atoms with van der Waals surface area (Å²) in [6, 6.07) is 9.50. The number of hydrogen-bond acceptors (Lipinski definition) is 3. The Bertz CT molecular complexity index is 344. The van der Waals surface area contributed by atoms with Gasteiger partial charge in [-0.1, -0.05) is 19.1 Å². The summed E-state index contributed by atoms with van der Waals surface area (Å²) in [6.07, 6.45) is 1.21. The SMILES string of the molecule is CCC(O)CCNc1ccccc1C#N. The summed E-state index contributed by atoms with van der Waals surface area (Å²) >= 11 is 0. The first-order chi connectivity index (χ1) is 7.27. The second-order valence-electron chi connectivity index (χ2n) is 3.43. The fraction of sp³-hybridized carbons (Fsp3) is 0.417. The number of anilines is 1. The number of hydrogen-bond donors (Lipinski definition) is 2. The van der Waals surface area contributed by atoms with Crippen molar-refractivity contribution in [3.63, 3.8) is 0 Å². The van der Waals surface area contributed by atoms with Crippen molar-refractivity contribution in [2.24, 2.45) is 0 Å². The Morgan fingerprint density at radius 2 is 2.20 bits per heavy atom. The van der Waals surface area contributed by atoms with E-state index < -0.39 is 0 Å². The molecular formula is C12H16N2O. The van der Waals surface area contributed by atoms with Gasteiger partial charge in [-0.05, 0) is 25.0 Å². The molecule has 1 atom stereocenters. The van der Waals surface area contributed by atoms with Crippen molar-refractivity contribution >= 4 is 5.69 Å². The second kappa shape index (κ2) is 6.05. The third kappa shape index (κ3) is 3.61. The Kier molecular flexibility index (Phi) is 4.65. The molecule has 0 aliphatic carbocycles. The van der Waals surface area contributed by atoms with Crippen LogP contribution in [0.15, 0.2) is 24.3 Å². The molecule has 0 heterocycles. The Balaban J connectivity index is 2.47. The van der Waals surface area contributed by atoms with Gasteiger partial charge < -0.3 is 10.4 Å². The van der Waals surface area contributed by atoms with Gasteiger partial charge in [-0.15, -0.1) is 0 Å². The van der Waals surface area contributed by atoms with E-state index in [1.165, 1.54) is 0 Å². The predicted molar refractivity (Wildman–Crippen MR) is 60.6 cm³/mol. The van der Waals surface area contributed by atoms with E-state index in [4.69, 9.17) is 5.26 Å². The zero-order valence-electron chi connectivity index (χ0n) is 8.90. The summed E-state index contributed by atoms with van der Waals surface area (Å²) < 4.78 is 0. The zero-order chi connectivity index (χ0) is 11.1. The summed E-state index contributed by atoms with van der Waals surface area (Å²) in [6.45, 7) is 2.64. The summed E-state index contributed by atoms with van der Waals surface area (Å²) in [5.74, 6) is 0. The molecule has 1 rings (SSSR count). The second-order valence-corrected chi connectivity index (χ2v) is 3.43. The average molecular weight is 204 g/mol. The first kappa shape index (κ1) is 11.5. The molecule has 3 heteroatoms. The van der Waals surface area contributed by atoms with Crippen LogP contribution in [0.1, 0.15) is 25.3 Å². The van der Waals surface area contributed by atoms with Gasteiger partial charge in [0.2, 0.25) is 0 Å². The maximum atomic E-state index is 9.36. The number of nitrogens with one attached hydrogen (secondary N) is 1. The Hall–Kier alpha value is -1.53. The van der Waals surface area contributed by atoms with Crippen molar-refractivity contribution in [1.82, 2.24) is 0 Å². The van der Waals surface area contributed by atoms with Crippen LogP contribution in [0, 0.1) is 11.3 Å². The van der Waals surface area contributed by atoms with Crippen molar-refractivity contribution in [3.8, 4) is 6.07 Å². The Labute approximate surface area is 90.4 Å². The van der Waals surface area contributed by atoms with Gasteiger partial charge in [0.1, 0.15) is 6.07 Å². The lowest BCUT2D eigenvalue weighted by molar-refractivity contribution is 0.164. The fourth-order valence-corrected chi connectivity index (χ4v) is 1.31. The molecule has 0 aliphatic heterocycles. The number of nitriles is 1. The molecule has 0 saturated carbocycles. The molecule has 0 radical (unpaired) electrons. The number of para-hydroxylation sites is 1. The molecule has 0 amide bonds. The van der Waals surface area contributed by atoms with Crippen LogP contribution in [-0.2, 0) is 0 Å². The van der Waals surface area contributed by atoms with Crippen LogP contribution in [0.3, 0.4) is 0 Å². The van der Waals surface area contributed by atoms with E-state index in [0.29, 0.717) is 18.5 Å². The lowest BCUT2D eigenvalue weighted by Gasteiger charge is -2.10. The molecule has 0 fully saturated rings. The highest BCUT2D eigenvalue weighted by Crippen LogP contribution is 2.13. The zero-order valence-corrected chi connectivity index (χ0v) is 8.90. The van der Waals surface area contributed by atoms with Gasteiger partial charge in [-0.3, -0.25) is 0 Å². The fourth-order valence-electron chi connectivity index (χ4n) is 1.31. The number of aliphatic hydroxyl groups is 1. The quantitative estimate of drug-likeness (QED) is 0.772. The van der Waals surface area contributed by atoms with Crippen molar-refractivity contribution in [1.29, 1.82) is 5.26 Å². The third-order valence-electron chi connectivity index (χ3n) is 2.31. The summed E-state index contributed by atoms with van der Waals surface area (Å²) in [4.78, 5) is 0. The van der Waals surface area contributed by atoms with Gasteiger partial charge >= 0.3 is 0 Å². The number of benzene rings is 1. The van der Waals surface area contributed by atoms with Gasteiger partial charge in [0, 0.05) is 6.54 Å². The first-order valence-corrected chi connectivity index (χ1v) is 5.19.